The molecule has 2 N–H and O–H groups in total. The van der Waals surface area contributed by atoms with E-state index < -0.39 is 0 Å². The molecule has 1 saturated carbocycles. The number of nitrogens with one attached hydrogen (secondary N) is 2. The predicted molar refractivity (Wildman–Crippen MR) is 142 cm³/mol. The summed E-state index contributed by atoms with van der Waals surface area (Å²) in [7, 11) is 5.85. The van der Waals surface area contributed by atoms with Crippen LogP contribution < -0.4 is 20.1 Å². The average molecular weight is 535 g/mol. The molecule has 1 aliphatic rings. The molecule has 2 heterocycles. The lowest BCUT2D eigenvalue weighted by Gasteiger charge is -2.39. The summed E-state index contributed by atoms with van der Waals surface area (Å²) in [4.78, 5) is 15.7. The molecule has 1 fully saturated rings. The monoisotopic (exact) mass is 534 g/mol. The number of benzene rings is 2. The Morgan fingerprint density at radius 2 is 1.80 bits per heavy atom. The molecule has 0 bridgehead atoms. The minimum atomic E-state index is 0.215. The molecule has 5 rings (SSSR count). The standard InChI is InChI=1S/C26H27BrN6O2/c1-33(2)20-13-21(14-20)35-23-7-5-18(12-24(23)34-3)31-26-28-9-8-25(32-26)30-19-11-16-10-17(27)4-6-22(16)29-15-19/h4-12,15,20-21H,13-14H2,1-3H3,(H2,28,30,31,32). The maximum Gasteiger partial charge on any atom is 0.229 e. The van der Waals surface area contributed by atoms with Gasteiger partial charge in [-0.15, -0.1) is 0 Å². The molecule has 2 aromatic carbocycles. The fourth-order valence-corrected chi connectivity index (χ4v) is 4.39. The number of anilines is 4. The van der Waals surface area contributed by atoms with E-state index in [1.807, 2.05) is 48.5 Å². The fourth-order valence-electron chi connectivity index (χ4n) is 4.01. The summed E-state index contributed by atoms with van der Waals surface area (Å²) in [5.41, 5.74) is 2.58. The van der Waals surface area contributed by atoms with Crippen molar-refractivity contribution in [3.63, 3.8) is 0 Å². The van der Waals surface area contributed by atoms with Crippen LogP contribution >= 0.6 is 15.9 Å². The van der Waals surface area contributed by atoms with Gasteiger partial charge in [0.2, 0.25) is 5.95 Å². The van der Waals surface area contributed by atoms with Gasteiger partial charge in [-0.25, -0.2) is 4.98 Å². The van der Waals surface area contributed by atoms with Crippen molar-refractivity contribution in [1.82, 2.24) is 19.9 Å². The van der Waals surface area contributed by atoms with E-state index in [4.69, 9.17) is 9.47 Å². The van der Waals surface area contributed by atoms with Gasteiger partial charge in [0.1, 0.15) is 11.9 Å². The number of hydrogen-bond donors (Lipinski definition) is 2. The number of hydrogen-bond acceptors (Lipinski definition) is 8. The van der Waals surface area contributed by atoms with E-state index >= 15 is 0 Å². The minimum Gasteiger partial charge on any atom is -0.493 e. The molecule has 0 aliphatic heterocycles. The van der Waals surface area contributed by atoms with Gasteiger partial charge in [-0.3, -0.25) is 4.98 Å². The Labute approximate surface area is 212 Å². The molecule has 4 aromatic rings. The van der Waals surface area contributed by atoms with Crippen molar-refractivity contribution in [2.45, 2.75) is 25.0 Å². The topological polar surface area (TPSA) is 84.4 Å². The van der Waals surface area contributed by atoms with E-state index in [1.54, 1.807) is 19.5 Å². The van der Waals surface area contributed by atoms with Gasteiger partial charge < -0.3 is 25.0 Å². The van der Waals surface area contributed by atoms with E-state index in [1.165, 1.54) is 0 Å². The Hall–Kier alpha value is -3.43. The van der Waals surface area contributed by atoms with Crippen molar-refractivity contribution >= 4 is 50.0 Å². The number of methoxy groups -OCH3 is 1. The van der Waals surface area contributed by atoms with Crippen molar-refractivity contribution in [2.24, 2.45) is 0 Å². The van der Waals surface area contributed by atoms with Crippen molar-refractivity contribution in [3.8, 4) is 11.5 Å². The fraction of sp³-hybridized carbons (Fsp3) is 0.269. The highest BCUT2D eigenvalue weighted by molar-refractivity contribution is 9.10. The maximum atomic E-state index is 6.15. The van der Waals surface area contributed by atoms with Crippen molar-refractivity contribution < 1.29 is 9.47 Å². The SMILES string of the molecule is COc1cc(Nc2nccc(Nc3cnc4ccc(Br)cc4c3)n2)ccc1OC1CC(N(C)C)C1. The summed E-state index contributed by atoms with van der Waals surface area (Å²) >= 11 is 3.51. The van der Waals surface area contributed by atoms with Crippen LogP contribution in [0.25, 0.3) is 10.9 Å². The second-order valence-corrected chi connectivity index (χ2v) is 9.69. The van der Waals surface area contributed by atoms with Gasteiger partial charge >= 0.3 is 0 Å². The van der Waals surface area contributed by atoms with E-state index in [0.29, 0.717) is 23.6 Å². The number of aromatic nitrogens is 3. The van der Waals surface area contributed by atoms with Crippen molar-refractivity contribution in [2.75, 3.05) is 31.8 Å². The van der Waals surface area contributed by atoms with Gasteiger partial charge in [0.15, 0.2) is 11.5 Å². The molecule has 35 heavy (non-hydrogen) atoms. The molecule has 0 saturated heterocycles. The molecule has 9 heteroatoms. The zero-order chi connectivity index (χ0) is 24.4. The van der Waals surface area contributed by atoms with Crippen LogP contribution in [0.4, 0.5) is 23.1 Å². The summed E-state index contributed by atoms with van der Waals surface area (Å²) in [6.07, 6.45) is 5.75. The summed E-state index contributed by atoms with van der Waals surface area (Å²) in [6, 6.07) is 16.2. The minimum absolute atomic E-state index is 0.215. The van der Waals surface area contributed by atoms with Crippen LogP contribution in [-0.2, 0) is 0 Å². The molecule has 0 atom stereocenters. The molecule has 0 spiro atoms. The number of nitrogens with zero attached hydrogens (tertiary/aromatic N) is 4. The highest BCUT2D eigenvalue weighted by Gasteiger charge is 2.32. The Balaban J connectivity index is 1.27. The van der Waals surface area contributed by atoms with E-state index in [2.05, 4.69) is 60.5 Å². The molecule has 180 valence electrons. The van der Waals surface area contributed by atoms with Gasteiger partial charge in [0, 0.05) is 33.9 Å². The molecule has 0 amide bonds. The predicted octanol–water partition coefficient (Wildman–Crippen LogP) is 5.75. The molecule has 0 radical (unpaired) electrons. The van der Waals surface area contributed by atoms with Crippen molar-refractivity contribution in [1.29, 1.82) is 0 Å². The first-order valence-corrected chi connectivity index (χ1v) is 12.2. The smallest absolute Gasteiger partial charge is 0.229 e. The van der Waals surface area contributed by atoms with Crippen LogP contribution in [0.5, 0.6) is 11.5 Å². The third-order valence-corrected chi connectivity index (χ3v) is 6.58. The zero-order valence-corrected chi connectivity index (χ0v) is 21.4. The first-order valence-electron chi connectivity index (χ1n) is 11.4. The zero-order valence-electron chi connectivity index (χ0n) is 19.8. The second-order valence-electron chi connectivity index (χ2n) is 8.77. The highest BCUT2D eigenvalue weighted by Crippen LogP contribution is 2.36. The third-order valence-electron chi connectivity index (χ3n) is 6.08. The quantitative estimate of drug-likeness (QED) is 0.295. The highest BCUT2D eigenvalue weighted by atomic mass is 79.9. The lowest BCUT2D eigenvalue weighted by Crippen LogP contribution is -2.46. The number of fused-ring (bicyclic) bond motifs is 1. The normalized spacial score (nSPS) is 17.2. The lowest BCUT2D eigenvalue weighted by atomic mass is 9.88. The largest absolute Gasteiger partial charge is 0.493 e. The summed E-state index contributed by atoms with van der Waals surface area (Å²) in [5, 5.41) is 7.58. The van der Waals surface area contributed by atoms with Crippen LogP contribution in [-0.4, -0.2) is 53.2 Å². The summed E-state index contributed by atoms with van der Waals surface area (Å²) in [6.45, 7) is 0. The van der Waals surface area contributed by atoms with Gasteiger partial charge in [-0.2, -0.15) is 4.98 Å². The van der Waals surface area contributed by atoms with Crippen LogP contribution in [0.15, 0.2) is 65.4 Å². The Kier molecular flexibility index (Phi) is 6.70. The van der Waals surface area contributed by atoms with Crippen LogP contribution in [0.3, 0.4) is 0 Å². The first-order chi connectivity index (χ1) is 17.0. The first kappa shape index (κ1) is 23.3. The number of ether oxygens (including phenoxy) is 2. The van der Waals surface area contributed by atoms with Crippen molar-refractivity contribution in [3.05, 3.63) is 65.4 Å². The van der Waals surface area contributed by atoms with E-state index in [9.17, 15) is 0 Å². The average Bonchev–Trinajstić information content (AvgIpc) is 2.81. The van der Waals surface area contributed by atoms with Crippen LogP contribution in [0.2, 0.25) is 0 Å². The summed E-state index contributed by atoms with van der Waals surface area (Å²) in [5.74, 6) is 2.54. The Morgan fingerprint density at radius 1 is 0.943 bits per heavy atom. The van der Waals surface area contributed by atoms with Gasteiger partial charge in [-0.1, -0.05) is 15.9 Å². The molecule has 0 unspecified atom stereocenters. The Morgan fingerprint density at radius 3 is 2.60 bits per heavy atom. The maximum absolute atomic E-state index is 6.15. The van der Waals surface area contributed by atoms with E-state index in [-0.39, 0.29) is 6.10 Å². The van der Waals surface area contributed by atoms with Gasteiger partial charge in [-0.05, 0) is 69.4 Å². The van der Waals surface area contributed by atoms with Crippen LogP contribution in [0, 0.1) is 0 Å². The van der Waals surface area contributed by atoms with Gasteiger partial charge in [0.25, 0.3) is 0 Å². The molecular weight excluding hydrogens is 508 g/mol. The molecule has 8 nitrogen and oxygen atoms in total. The summed E-state index contributed by atoms with van der Waals surface area (Å²) < 4.78 is 12.7. The Bertz CT molecular complexity index is 1340. The van der Waals surface area contributed by atoms with Crippen LogP contribution in [0.1, 0.15) is 12.8 Å². The second kappa shape index (κ2) is 10.1. The lowest BCUT2D eigenvalue weighted by molar-refractivity contribution is 0.0383. The van der Waals surface area contributed by atoms with E-state index in [0.717, 1.165) is 45.3 Å². The molecule has 1 aliphatic carbocycles. The molecular formula is C26H27BrN6O2. The number of pyridine rings is 1. The third kappa shape index (κ3) is 5.47. The number of rotatable bonds is 8. The molecule has 2 aromatic heterocycles. The number of halogens is 1. The van der Waals surface area contributed by atoms with Gasteiger partial charge in [0.05, 0.1) is 24.5 Å².